The summed E-state index contributed by atoms with van der Waals surface area (Å²) in [6.45, 7) is 15.2. The van der Waals surface area contributed by atoms with E-state index in [9.17, 15) is 9.59 Å². The van der Waals surface area contributed by atoms with Crippen molar-refractivity contribution in [3.63, 3.8) is 0 Å². The first-order chi connectivity index (χ1) is 8.94. The number of amides is 1. The zero-order valence-electron chi connectivity index (χ0n) is 14.3. The summed E-state index contributed by atoms with van der Waals surface area (Å²) in [4.78, 5) is 24.6. The zero-order valence-corrected chi connectivity index (χ0v) is 14.3. The third-order valence-corrected chi connectivity index (χ3v) is 3.66. The normalized spacial score (nSPS) is 15.4. The van der Waals surface area contributed by atoms with Crippen LogP contribution in [0.3, 0.4) is 0 Å². The molecule has 0 aliphatic heterocycles. The number of esters is 1. The molecule has 20 heavy (non-hydrogen) atoms. The van der Waals surface area contributed by atoms with Gasteiger partial charge < -0.3 is 10.1 Å². The van der Waals surface area contributed by atoms with Crippen molar-refractivity contribution in [2.75, 3.05) is 0 Å². The molecule has 0 aromatic heterocycles. The Bertz CT molecular complexity index is 342. The maximum absolute atomic E-state index is 12.3. The average molecular weight is 285 g/mol. The molecule has 1 N–H and O–H groups in total. The first kappa shape index (κ1) is 18.9. The minimum Gasteiger partial charge on any atom is -0.458 e. The fraction of sp³-hybridized carbons (Fsp3) is 0.875. The van der Waals surface area contributed by atoms with Gasteiger partial charge in [-0.2, -0.15) is 0 Å². The Labute approximate surface area is 123 Å². The molecule has 0 radical (unpaired) electrons. The molecule has 0 aromatic rings. The summed E-state index contributed by atoms with van der Waals surface area (Å²) in [5.41, 5.74) is -1.03. The van der Waals surface area contributed by atoms with Crippen molar-refractivity contribution in [1.82, 2.24) is 5.32 Å². The van der Waals surface area contributed by atoms with Crippen LogP contribution in [0.2, 0.25) is 0 Å². The Morgan fingerprint density at radius 1 is 1.10 bits per heavy atom. The Kier molecular flexibility index (Phi) is 6.72. The molecule has 0 fully saturated rings. The van der Waals surface area contributed by atoms with E-state index in [1.807, 2.05) is 55.4 Å². The van der Waals surface area contributed by atoms with E-state index in [0.29, 0.717) is 0 Å². The Hall–Kier alpha value is -1.06. The van der Waals surface area contributed by atoms with Crippen molar-refractivity contribution in [2.24, 2.45) is 11.3 Å². The second-order valence-corrected chi connectivity index (χ2v) is 7.11. The third-order valence-electron chi connectivity index (χ3n) is 3.66. The summed E-state index contributed by atoms with van der Waals surface area (Å²) >= 11 is 0. The Morgan fingerprint density at radius 2 is 1.60 bits per heavy atom. The minimum atomic E-state index is -0.586. The van der Waals surface area contributed by atoms with Gasteiger partial charge in [-0.15, -0.1) is 0 Å². The van der Waals surface area contributed by atoms with E-state index in [1.165, 1.54) is 0 Å². The monoisotopic (exact) mass is 285 g/mol. The number of hydrogen-bond acceptors (Lipinski definition) is 3. The van der Waals surface area contributed by atoms with E-state index in [4.69, 9.17) is 4.74 Å². The van der Waals surface area contributed by atoms with Crippen LogP contribution in [0.5, 0.6) is 0 Å². The molecule has 0 aliphatic carbocycles. The molecule has 0 aliphatic rings. The smallest absolute Gasteiger partial charge is 0.329 e. The maximum atomic E-state index is 12.3. The molecule has 0 saturated heterocycles. The summed E-state index contributed by atoms with van der Waals surface area (Å²) in [5.74, 6) is -0.412. The highest BCUT2D eigenvalue weighted by molar-refractivity contribution is 5.87. The van der Waals surface area contributed by atoms with Gasteiger partial charge in [-0.25, -0.2) is 4.79 Å². The number of nitrogens with one attached hydrogen (secondary N) is 1. The molecule has 2 atom stereocenters. The highest BCUT2D eigenvalue weighted by Gasteiger charge is 2.34. The van der Waals surface area contributed by atoms with Gasteiger partial charge in [0, 0.05) is 5.41 Å². The lowest BCUT2D eigenvalue weighted by molar-refractivity contribution is -0.160. The SMILES string of the molecule is CC[C@H](C)[C@H](NC(=O)C(C)(C)CC)C(=O)OC(C)(C)C. The molecule has 0 rings (SSSR count). The number of ether oxygens (including phenoxy) is 1. The number of carbonyl (C=O) groups excluding carboxylic acids is 2. The van der Waals surface area contributed by atoms with Crippen molar-refractivity contribution < 1.29 is 14.3 Å². The van der Waals surface area contributed by atoms with Crippen LogP contribution in [0.4, 0.5) is 0 Å². The summed E-state index contributed by atoms with van der Waals surface area (Å²) in [6, 6.07) is -0.586. The second kappa shape index (κ2) is 7.09. The number of hydrogen-bond donors (Lipinski definition) is 1. The lowest BCUT2D eigenvalue weighted by atomic mass is 9.88. The van der Waals surface area contributed by atoms with Crippen LogP contribution in [0.15, 0.2) is 0 Å². The largest absolute Gasteiger partial charge is 0.458 e. The summed E-state index contributed by atoms with van der Waals surface area (Å²) in [7, 11) is 0. The topological polar surface area (TPSA) is 55.4 Å². The molecule has 0 heterocycles. The molecule has 118 valence electrons. The van der Waals surface area contributed by atoms with Crippen molar-refractivity contribution in [1.29, 1.82) is 0 Å². The predicted octanol–water partition coefficient (Wildman–Crippen LogP) is 3.30. The standard InChI is InChI=1S/C16H31NO3/c1-9-11(3)12(13(18)20-15(4,5)6)17-14(19)16(7,8)10-2/h11-12H,9-10H2,1-8H3,(H,17,19)/t11-,12-/m0/s1. The average Bonchev–Trinajstić information content (AvgIpc) is 2.32. The fourth-order valence-corrected chi connectivity index (χ4v) is 1.53. The lowest BCUT2D eigenvalue weighted by Gasteiger charge is -2.30. The van der Waals surface area contributed by atoms with Crippen molar-refractivity contribution in [3.8, 4) is 0 Å². The van der Waals surface area contributed by atoms with Gasteiger partial charge in [0.15, 0.2) is 0 Å². The van der Waals surface area contributed by atoms with Gasteiger partial charge in [0.05, 0.1) is 0 Å². The number of rotatable bonds is 6. The minimum absolute atomic E-state index is 0.0430. The first-order valence-corrected chi connectivity index (χ1v) is 7.48. The fourth-order valence-electron chi connectivity index (χ4n) is 1.53. The number of carbonyl (C=O) groups is 2. The van der Waals surface area contributed by atoms with E-state index in [1.54, 1.807) is 0 Å². The van der Waals surface area contributed by atoms with E-state index < -0.39 is 17.1 Å². The van der Waals surface area contributed by atoms with Crippen LogP contribution < -0.4 is 5.32 Å². The molecule has 4 nitrogen and oxygen atoms in total. The molecule has 0 bridgehead atoms. The van der Waals surface area contributed by atoms with Gasteiger partial charge >= 0.3 is 5.97 Å². The van der Waals surface area contributed by atoms with Crippen LogP contribution >= 0.6 is 0 Å². The molecule has 1 amide bonds. The van der Waals surface area contributed by atoms with Crippen LogP contribution in [0, 0.1) is 11.3 Å². The van der Waals surface area contributed by atoms with E-state index >= 15 is 0 Å². The van der Waals surface area contributed by atoms with Crippen LogP contribution in [0.25, 0.3) is 0 Å². The van der Waals surface area contributed by atoms with Gasteiger partial charge in [0.1, 0.15) is 11.6 Å². The van der Waals surface area contributed by atoms with E-state index in [2.05, 4.69) is 5.32 Å². The van der Waals surface area contributed by atoms with Crippen molar-refractivity contribution in [3.05, 3.63) is 0 Å². The van der Waals surface area contributed by atoms with Crippen molar-refractivity contribution in [2.45, 2.75) is 79.9 Å². The van der Waals surface area contributed by atoms with E-state index in [-0.39, 0.29) is 17.8 Å². The van der Waals surface area contributed by atoms with Gasteiger partial charge in [0.25, 0.3) is 0 Å². The van der Waals surface area contributed by atoms with E-state index in [0.717, 1.165) is 12.8 Å². The summed E-state index contributed by atoms with van der Waals surface area (Å²) in [6.07, 6.45) is 1.52. The molecule has 0 aromatic carbocycles. The zero-order chi connectivity index (χ0) is 16.1. The van der Waals surface area contributed by atoms with Gasteiger partial charge in [-0.1, -0.05) is 41.0 Å². The highest BCUT2D eigenvalue weighted by atomic mass is 16.6. The Balaban J connectivity index is 5.01. The van der Waals surface area contributed by atoms with Gasteiger partial charge in [-0.05, 0) is 33.1 Å². The summed E-state index contributed by atoms with van der Waals surface area (Å²) < 4.78 is 5.42. The van der Waals surface area contributed by atoms with Crippen LogP contribution in [0.1, 0.15) is 68.2 Å². The van der Waals surface area contributed by atoms with Gasteiger partial charge in [-0.3, -0.25) is 4.79 Å². The predicted molar refractivity (Wildman–Crippen MR) is 81.3 cm³/mol. The third kappa shape index (κ3) is 5.93. The molecule has 0 unspecified atom stereocenters. The summed E-state index contributed by atoms with van der Waals surface area (Å²) in [5, 5.41) is 2.87. The molecular formula is C16H31NO3. The van der Waals surface area contributed by atoms with Crippen molar-refractivity contribution >= 4 is 11.9 Å². The second-order valence-electron chi connectivity index (χ2n) is 7.11. The Morgan fingerprint density at radius 3 is 1.95 bits per heavy atom. The first-order valence-electron chi connectivity index (χ1n) is 7.48. The molecule has 4 heteroatoms. The quantitative estimate of drug-likeness (QED) is 0.762. The van der Waals surface area contributed by atoms with Gasteiger partial charge in [0.2, 0.25) is 5.91 Å². The molecule has 0 spiro atoms. The lowest BCUT2D eigenvalue weighted by Crippen LogP contribution is -2.51. The van der Waals surface area contributed by atoms with Crippen LogP contribution in [-0.2, 0) is 14.3 Å². The molecule has 0 saturated carbocycles. The highest BCUT2D eigenvalue weighted by Crippen LogP contribution is 2.22. The maximum Gasteiger partial charge on any atom is 0.329 e. The molecular weight excluding hydrogens is 254 g/mol. The van der Waals surface area contributed by atoms with Crippen LogP contribution in [-0.4, -0.2) is 23.5 Å².